The smallest absolute Gasteiger partial charge is 0.356 e. The second-order valence-corrected chi connectivity index (χ2v) is 8.44. The molecule has 0 aromatic carbocycles. The number of aliphatic carboxylic acids is 1. The lowest BCUT2D eigenvalue weighted by Gasteiger charge is -2.53. The molecule has 3 aliphatic rings. The fourth-order valence-corrected chi connectivity index (χ4v) is 5.15. The predicted octanol–water partition coefficient (Wildman–Crippen LogP) is 0.929. The second kappa shape index (κ2) is 7.47. The molecular weight excluding hydrogens is 396 g/mol. The van der Waals surface area contributed by atoms with E-state index in [4.69, 9.17) is 9.47 Å². The van der Waals surface area contributed by atoms with E-state index in [-0.39, 0.29) is 23.2 Å². The van der Waals surface area contributed by atoms with Gasteiger partial charge in [0.1, 0.15) is 11.4 Å². The summed E-state index contributed by atoms with van der Waals surface area (Å²) in [6.07, 6.45) is 0. The van der Waals surface area contributed by atoms with Crippen LogP contribution in [-0.2, 0) is 28.7 Å². The van der Waals surface area contributed by atoms with Gasteiger partial charge in [0, 0.05) is 25.0 Å². The maximum atomic E-state index is 12.8. The molecule has 11 heteroatoms. The Morgan fingerprint density at radius 3 is 2.59 bits per heavy atom. The van der Waals surface area contributed by atoms with Gasteiger partial charge >= 0.3 is 11.9 Å². The van der Waals surface area contributed by atoms with Crippen LogP contribution in [0.2, 0.25) is 0 Å². The summed E-state index contributed by atoms with van der Waals surface area (Å²) in [7, 11) is 0. The van der Waals surface area contributed by atoms with Gasteiger partial charge in [0.05, 0.1) is 11.9 Å². The van der Waals surface area contributed by atoms with Crippen molar-refractivity contribution in [2.24, 2.45) is 0 Å². The Labute approximate surface area is 163 Å². The van der Waals surface area contributed by atoms with Crippen LogP contribution in [0, 0.1) is 0 Å². The van der Waals surface area contributed by atoms with Crippen molar-refractivity contribution in [1.82, 2.24) is 9.80 Å². The van der Waals surface area contributed by atoms with E-state index >= 15 is 0 Å². The number of amides is 2. The standard InChI is InChI=1S/C16H18N2O7S2/c1-7-13(25-9(3)20)11(16(22)23)18-14(21)12(15(18)27-7)17(8(2)19)10-6-26-5-4-24-10/h6-7,12,15H,4-5H2,1-3H3,(H,22,23). The number of β-lactam (4-membered cyclic amide) rings is 1. The predicted molar refractivity (Wildman–Crippen MR) is 96.9 cm³/mol. The molecule has 0 spiro atoms. The van der Waals surface area contributed by atoms with E-state index in [1.54, 1.807) is 12.3 Å². The average molecular weight is 414 g/mol. The monoisotopic (exact) mass is 414 g/mol. The number of carbonyl (C=O) groups is 4. The zero-order valence-electron chi connectivity index (χ0n) is 14.8. The van der Waals surface area contributed by atoms with Crippen LogP contribution in [0.3, 0.4) is 0 Å². The first-order chi connectivity index (χ1) is 12.7. The Morgan fingerprint density at radius 1 is 1.37 bits per heavy atom. The van der Waals surface area contributed by atoms with E-state index in [0.29, 0.717) is 6.61 Å². The maximum absolute atomic E-state index is 12.8. The fraction of sp³-hybridized carbons (Fsp3) is 0.500. The molecule has 27 heavy (non-hydrogen) atoms. The lowest BCUT2D eigenvalue weighted by molar-refractivity contribution is -0.160. The van der Waals surface area contributed by atoms with Crippen molar-refractivity contribution < 1.29 is 33.8 Å². The van der Waals surface area contributed by atoms with Crippen LogP contribution in [0.4, 0.5) is 0 Å². The molecule has 0 aromatic rings. The summed E-state index contributed by atoms with van der Waals surface area (Å²) in [5, 5.41) is 10.2. The number of carboxylic acids is 1. The van der Waals surface area contributed by atoms with Gasteiger partial charge in [-0.2, -0.15) is 0 Å². The van der Waals surface area contributed by atoms with Crippen LogP contribution in [-0.4, -0.2) is 67.7 Å². The first kappa shape index (κ1) is 19.6. The molecule has 3 heterocycles. The Morgan fingerprint density at radius 2 is 2.07 bits per heavy atom. The van der Waals surface area contributed by atoms with Crippen molar-refractivity contribution in [1.29, 1.82) is 0 Å². The average Bonchev–Trinajstić information content (AvgIpc) is 2.60. The summed E-state index contributed by atoms with van der Waals surface area (Å²) < 4.78 is 10.6. The first-order valence-electron chi connectivity index (χ1n) is 8.12. The quantitative estimate of drug-likeness (QED) is 0.530. The normalized spacial score (nSPS) is 27.1. The third-order valence-electron chi connectivity index (χ3n) is 4.15. The number of thioether (sulfide) groups is 2. The number of hydrogen-bond acceptors (Lipinski definition) is 8. The van der Waals surface area contributed by atoms with Gasteiger partial charge < -0.3 is 14.6 Å². The zero-order valence-corrected chi connectivity index (χ0v) is 16.5. The molecule has 0 aromatic heterocycles. The fourth-order valence-electron chi connectivity index (χ4n) is 3.11. The summed E-state index contributed by atoms with van der Waals surface area (Å²) in [5.74, 6) is -2.00. The molecule has 0 radical (unpaired) electrons. The van der Waals surface area contributed by atoms with E-state index in [2.05, 4.69) is 0 Å². The largest absolute Gasteiger partial charge is 0.477 e. The molecule has 0 aliphatic carbocycles. The second-order valence-electron chi connectivity index (χ2n) is 6.00. The van der Waals surface area contributed by atoms with Crippen LogP contribution < -0.4 is 0 Å². The van der Waals surface area contributed by atoms with Gasteiger partial charge in [0.2, 0.25) is 11.8 Å². The minimum atomic E-state index is -1.37. The lowest BCUT2D eigenvalue weighted by atomic mass is 10.0. The number of carboxylic acid groups (broad SMARTS) is 1. The minimum absolute atomic E-state index is 0.0684. The van der Waals surface area contributed by atoms with Gasteiger partial charge in [-0.1, -0.05) is 0 Å². The highest BCUT2D eigenvalue weighted by molar-refractivity contribution is 8.02. The van der Waals surface area contributed by atoms with Crippen molar-refractivity contribution in [3.63, 3.8) is 0 Å². The molecule has 9 nitrogen and oxygen atoms in total. The van der Waals surface area contributed by atoms with Crippen molar-refractivity contribution in [2.75, 3.05) is 12.4 Å². The summed E-state index contributed by atoms with van der Waals surface area (Å²) in [4.78, 5) is 50.5. The molecule has 3 rings (SSSR count). The zero-order chi connectivity index (χ0) is 19.9. The number of hydrogen-bond donors (Lipinski definition) is 1. The van der Waals surface area contributed by atoms with Crippen molar-refractivity contribution in [3.05, 3.63) is 22.7 Å². The van der Waals surface area contributed by atoms with Crippen LogP contribution in [0.5, 0.6) is 0 Å². The molecule has 1 N–H and O–H groups in total. The molecule has 0 saturated carbocycles. The molecular formula is C16H18N2O7S2. The van der Waals surface area contributed by atoms with E-state index in [1.165, 1.54) is 42.3 Å². The Hall–Kier alpha value is -2.14. The first-order valence-corrected chi connectivity index (χ1v) is 10.1. The van der Waals surface area contributed by atoms with Gasteiger partial charge in [0.25, 0.3) is 5.91 Å². The highest BCUT2D eigenvalue weighted by Gasteiger charge is 2.59. The van der Waals surface area contributed by atoms with E-state index in [1.807, 2.05) is 0 Å². The third kappa shape index (κ3) is 3.41. The van der Waals surface area contributed by atoms with Crippen molar-refractivity contribution in [3.8, 4) is 0 Å². The molecule has 2 amide bonds. The van der Waals surface area contributed by atoms with Gasteiger partial charge in [-0.3, -0.25) is 24.2 Å². The van der Waals surface area contributed by atoms with E-state index in [0.717, 1.165) is 10.7 Å². The topological polar surface area (TPSA) is 113 Å². The van der Waals surface area contributed by atoms with E-state index in [9.17, 15) is 24.3 Å². The summed E-state index contributed by atoms with van der Waals surface area (Å²) in [6, 6.07) is -0.881. The highest BCUT2D eigenvalue weighted by atomic mass is 32.2. The molecule has 146 valence electrons. The number of ether oxygens (including phenoxy) is 2. The number of carbonyl (C=O) groups excluding carboxylic acids is 3. The molecule has 3 atom stereocenters. The van der Waals surface area contributed by atoms with Crippen LogP contribution in [0.15, 0.2) is 22.7 Å². The van der Waals surface area contributed by atoms with E-state index < -0.39 is 34.5 Å². The molecule has 3 aliphatic heterocycles. The third-order valence-corrected chi connectivity index (χ3v) is 6.29. The number of nitrogens with zero attached hydrogens (tertiary/aromatic N) is 2. The van der Waals surface area contributed by atoms with Crippen LogP contribution >= 0.6 is 23.5 Å². The summed E-state index contributed by atoms with van der Waals surface area (Å²) in [6.45, 7) is 4.59. The van der Waals surface area contributed by atoms with Gasteiger partial charge in [-0.05, 0) is 6.92 Å². The van der Waals surface area contributed by atoms with Crippen molar-refractivity contribution >= 4 is 47.3 Å². The van der Waals surface area contributed by atoms with Gasteiger partial charge in [-0.15, -0.1) is 23.5 Å². The van der Waals surface area contributed by atoms with Crippen molar-refractivity contribution in [2.45, 2.75) is 37.4 Å². The Bertz CT molecular complexity index is 779. The molecule has 1 saturated heterocycles. The van der Waals surface area contributed by atoms with Gasteiger partial charge in [0.15, 0.2) is 11.5 Å². The number of fused-ring (bicyclic) bond motifs is 1. The number of rotatable bonds is 4. The lowest BCUT2D eigenvalue weighted by Crippen LogP contribution is -2.71. The van der Waals surface area contributed by atoms with Crippen LogP contribution in [0.25, 0.3) is 0 Å². The molecule has 1 fully saturated rings. The number of esters is 1. The maximum Gasteiger partial charge on any atom is 0.356 e. The van der Waals surface area contributed by atoms with Gasteiger partial charge in [-0.25, -0.2) is 4.79 Å². The Kier molecular flexibility index (Phi) is 5.43. The molecule has 3 unspecified atom stereocenters. The minimum Gasteiger partial charge on any atom is -0.477 e. The van der Waals surface area contributed by atoms with Crippen LogP contribution in [0.1, 0.15) is 20.8 Å². The summed E-state index contributed by atoms with van der Waals surface area (Å²) in [5.41, 5.74) is -0.362. The SMILES string of the molecule is CC(=O)OC1=C(C(=O)O)N2C(=O)C(N(C(C)=O)C3=CSCCO3)C2SC1C. The summed E-state index contributed by atoms with van der Waals surface area (Å²) >= 11 is 2.72. The highest BCUT2D eigenvalue weighted by Crippen LogP contribution is 2.47. The Balaban J connectivity index is 1.97. The molecule has 0 bridgehead atoms.